The minimum Gasteiger partial charge on any atom is -0.336 e. The lowest BCUT2D eigenvalue weighted by Crippen LogP contribution is -2.37. The second-order valence-electron chi connectivity index (χ2n) is 5.55. The van der Waals surface area contributed by atoms with Crippen LogP contribution >= 0.6 is 0 Å². The molecule has 2 fully saturated rings. The predicted octanol–water partition coefficient (Wildman–Crippen LogP) is 1.09. The predicted molar refractivity (Wildman–Crippen MR) is 86.1 cm³/mol. The van der Waals surface area contributed by atoms with E-state index in [1.54, 1.807) is 18.2 Å². The fraction of sp³-hybridized carbons (Fsp3) is 0.429. The van der Waals surface area contributed by atoms with Gasteiger partial charge in [0.25, 0.3) is 0 Å². The molecule has 2 N–H and O–H groups in total. The van der Waals surface area contributed by atoms with Crippen LogP contribution < -0.4 is 14.9 Å². The first-order valence-corrected chi connectivity index (χ1v) is 8.97. The Morgan fingerprint density at radius 2 is 2.09 bits per heavy atom. The Kier molecular flexibility index (Phi) is 3.88. The first kappa shape index (κ1) is 15.6. The number of hydrogen-bond donors (Lipinski definition) is 2. The summed E-state index contributed by atoms with van der Waals surface area (Å²) in [4.78, 5) is 24.8. The quantitative estimate of drug-likeness (QED) is 0.843. The highest BCUT2D eigenvalue weighted by molar-refractivity contribution is 7.93. The largest absolute Gasteiger partial charge is 0.336 e. The highest BCUT2D eigenvalue weighted by Crippen LogP contribution is 2.28. The number of nitrogens with zero attached hydrogens (tertiary/aromatic N) is 2. The maximum Gasteiger partial charge on any atom is 0.330 e. The molecule has 23 heavy (non-hydrogen) atoms. The molecule has 4 amide bonds. The Morgan fingerprint density at radius 1 is 1.30 bits per heavy atom. The summed E-state index contributed by atoms with van der Waals surface area (Å²) in [7, 11) is -3.28. The molecule has 0 unspecified atom stereocenters. The third-order valence-corrected chi connectivity index (χ3v) is 5.82. The lowest BCUT2D eigenvalue weighted by molar-refractivity contribution is 0.207. The first-order chi connectivity index (χ1) is 10.9. The van der Waals surface area contributed by atoms with E-state index in [0.29, 0.717) is 37.4 Å². The molecule has 0 aromatic heterocycles. The SMILES string of the molecule is Cc1ccc(N2CCCS2(=O)=O)cc1NC(=O)N1CCNC1=O. The van der Waals surface area contributed by atoms with Crippen molar-refractivity contribution in [1.82, 2.24) is 10.2 Å². The van der Waals surface area contributed by atoms with Gasteiger partial charge < -0.3 is 10.6 Å². The number of rotatable bonds is 2. The fourth-order valence-electron chi connectivity index (χ4n) is 2.68. The molecule has 0 spiro atoms. The summed E-state index contributed by atoms with van der Waals surface area (Å²) in [6, 6.07) is 4.14. The highest BCUT2D eigenvalue weighted by atomic mass is 32.2. The van der Waals surface area contributed by atoms with Gasteiger partial charge in [0, 0.05) is 25.3 Å². The maximum absolute atomic E-state index is 12.2. The molecule has 2 aliphatic rings. The van der Waals surface area contributed by atoms with Crippen molar-refractivity contribution < 1.29 is 18.0 Å². The molecular weight excluding hydrogens is 320 g/mol. The van der Waals surface area contributed by atoms with E-state index in [9.17, 15) is 18.0 Å². The van der Waals surface area contributed by atoms with Crippen molar-refractivity contribution in [3.8, 4) is 0 Å². The van der Waals surface area contributed by atoms with Gasteiger partial charge in [0.15, 0.2) is 0 Å². The zero-order chi connectivity index (χ0) is 16.6. The third-order valence-electron chi connectivity index (χ3n) is 3.95. The second-order valence-corrected chi connectivity index (χ2v) is 7.57. The molecule has 1 aromatic rings. The Bertz CT molecular complexity index is 762. The zero-order valence-electron chi connectivity index (χ0n) is 12.7. The molecular formula is C14H18N4O4S. The van der Waals surface area contributed by atoms with Crippen molar-refractivity contribution in [2.75, 3.05) is 35.0 Å². The number of imide groups is 1. The van der Waals surface area contributed by atoms with Gasteiger partial charge in [0.1, 0.15) is 0 Å². The van der Waals surface area contributed by atoms with Gasteiger partial charge in [-0.05, 0) is 31.0 Å². The summed E-state index contributed by atoms with van der Waals surface area (Å²) < 4.78 is 25.4. The Balaban J connectivity index is 1.84. The number of nitrogens with one attached hydrogen (secondary N) is 2. The van der Waals surface area contributed by atoms with E-state index in [0.717, 1.165) is 10.5 Å². The van der Waals surface area contributed by atoms with Crippen molar-refractivity contribution in [3.05, 3.63) is 23.8 Å². The van der Waals surface area contributed by atoms with E-state index in [1.807, 2.05) is 6.92 Å². The topological polar surface area (TPSA) is 98.8 Å². The molecule has 124 valence electrons. The van der Waals surface area contributed by atoms with Crippen molar-refractivity contribution >= 4 is 33.5 Å². The van der Waals surface area contributed by atoms with E-state index in [2.05, 4.69) is 10.6 Å². The number of hydrogen-bond acceptors (Lipinski definition) is 4. The molecule has 1 aromatic carbocycles. The Hall–Kier alpha value is -2.29. The number of sulfonamides is 1. The molecule has 9 heteroatoms. The van der Waals surface area contributed by atoms with Crippen molar-refractivity contribution in [3.63, 3.8) is 0 Å². The summed E-state index contributed by atoms with van der Waals surface area (Å²) >= 11 is 0. The molecule has 0 atom stereocenters. The number of aryl methyl sites for hydroxylation is 1. The molecule has 8 nitrogen and oxygen atoms in total. The molecule has 0 radical (unpaired) electrons. The van der Waals surface area contributed by atoms with Gasteiger partial charge in [0.05, 0.1) is 11.4 Å². The average Bonchev–Trinajstić information content (AvgIpc) is 3.06. The van der Waals surface area contributed by atoms with Crippen molar-refractivity contribution in [1.29, 1.82) is 0 Å². The molecule has 2 saturated heterocycles. The minimum atomic E-state index is -3.28. The smallest absolute Gasteiger partial charge is 0.330 e. The van der Waals surface area contributed by atoms with Gasteiger partial charge in [-0.3, -0.25) is 4.31 Å². The third kappa shape index (κ3) is 2.96. The number of carbonyl (C=O) groups is 2. The summed E-state index contributed by atoms with van der Waals surface area (Å²) in [5.74, 6) is 0.135. The van der Waals surface area contributed by atoms with E-state index >= 15 is 0 Å². The average molecular weight is 338 g/mol. The number of anilines is 2. The molecule has 2 aliphatic heterocycles. The van der Waals surface area contributed by atoms with Crippen LogP contribution in [0.4, 0.5) is 21.0 Å². The van der Waals surface area contributed by atoms with Gasteiger partial charge in [0.2, 0.25) is 10.0 Å². The summed E-state index contributed by atoms with van der Waals surface area (Å²) in [6.07, 6.45) is 0.589. The number of benzene rings is 1. The zero-order valence-corrected chi connectivity index (χ0v) is 13.5. The Labute approximate surface area is 134 Å². The van der Waals surface area contributed by atoms with Crippen molar-refractivity contribution in [2.45, 2.75) is 13.3 Å². The lowest BCUT2D eigenvalue weighted by atomic mass is 10.2. The monoisotopic (exact) mass is 338 g/mol. The number of carbonyl (C=O) groups excluding carboxylic acids is 2. The van der Waals surface area contributed by atoms with Crippen LogP contribution in [0.15, 0.2) is 18.2 Å². The van der Waals surface area contributed by atoms with Gasteiger partial charge in [-0.2, -0.15) is 0 Å². The van der Waals surface area contributed by atoms with Crippen LogP contribution in [0, 0.1) is 6.92 Å². The highest BCUT2D eigenvalue weighted by Gasteiger charge is 2.29. The normalized spacial score (nSPS) is 19.8. The number of amides is 4. The van der Waals surface area contributed by atoms with E-state index < -0.39 is 22.1 Å². The van der Waals surface area contributed by atoms with Crippen LogP contribution in [0.2, 0.25) is 0 Å². The van der Waals surface area contributed by atoms with Crippen molar-refractivity contribution in [2.24, 2.45) is 0 Å². The summed E-state index contributed by atoms with van der Waals surface area (Å²) in [6.45, 7) is 2.98. The van der Waals surface area contributed by atoms with E-state index in [4.69, 9.17) is 0 Å². The van der Waals surface area contributed by atoms with Gasteiger partial charge in [-0.1, -0.05) is 6.07 Å². The fourth-order valence-corrected chi connectivity index (χ4v) is 4.23. The van der Waals surface area contributed by atoms with Crippen LogP contribution in [0.3, 0.4) is 0 Å². The molecule has 0 aliphatic carbocycles. The van der Waals surface area contributed by atoms with Crippen LogP contribution in [0.25, 0.3) is 0 Å². The molecule has 3 rings (SSSR count). The summed E-state index contributed by atoms with van der Waals surface area (Å²) in [5.41, 5.74) is 1.81. The van der Waals surface area contributed by atoms with Crippen LogP contribution in [-0.2, 0) is 10.0 Å². The van der Waals surface area contributed by atoms with Crippen LogP contribution in [0.1, 0.15) is 12.0 Å². The van der Waals surface area contributed by atoms with E-state index in [1.165, 1.54) is 4.31 Å². The summed E-state index contributed by atoms with van der Waals surface area (Å²) in [5, 5.41) is 5.23. The van der Waals surface area contributed by atoms with E-state index in [-0.39, 0.29) is 5.75 Å². The van der Waals surface area contributed by atoms with Crippen LogP contribution in [0.5, 0.6) is 0 Å². The molecule has 0 bridgehead atoms. The van der Waals surface area contributed by atoms with Gasteiger partial charge in [-0.25, -0.2) is 22.9 Å². The van der Waals surface area contributed by atoms with Gasteiger partial charge in [-0.15, -0.1) is 0 Å². The number of urea groups is 2. The van der Waals surface area contributed by atoms with Crippen LogP contribution in [-0.4, -0.2) is 50.8 Å². The Morgan fingerprint density at radius 3 is 2.70 bits per heavy atom. The first-order valence-electron chi connectivity index (χ1n) is 7.36. The molecule has 0 saturated carbocycles. The minimum absolute atomic E-state index is 0.135. The standard InChI is InChI=1S/C14H18N4O4S/c1-10-3-4-11(18-6-2-8-23(18,21)22)9-12(10)16-14(20)17-7-5-15-13(17)19/h3-4,9H,2,5-8H2,1H3,(H,15,19)(H,16,20). The second kappa shape index (κ2) is 5.73. The molecule has 2 heterocycles. The van der Waals surface area contributed by atoms with Gasteiger partial charge >= 0.3 is 12.1 Å². The lowest BCUT2D eigenvalue weighted by Gasteiger charge is -2.20. The maximum atomic E-state index is 12.2.